The van der Waals surface area contributed by atoms with Gasteiger partial charge in [0.2, 0.25) is 5.91 Å². The number of carbonyl (C=O) groups is 1. The molecule has 0 radical (unpaired) electrons. The lowest BCUT2D eigenvalue weighted by Gasteiger charge is -2.36. The molecule has 2 aliphatic carbocycles. The Balaban J connectivity index is 1.20. The fourth-order valence-electron chi connectivity index (χ4n) is 4.59. The summed E-state index contributed by atoms with van der Waals surface area (Å²) in [5.74, 6) is 1.60. The maximum Gasteiger partial charge on any atom is 0.225 e. The molecule has 0 bridgehead atoms. The van der Waals surface area contributed by atoms with Crippen LogP contribution in [0.4, 0.5) is 5.69 Å². The molecule has 1 N–H and O–H groups in total. The average molecular weight is 417 g/mol. The molecule has 0 atom stereocenters. The van der Waals surface area contributed by atoms with Crippen LogP contribution in [0.2, 0.25) is 0 Å². The van der Waals surface area contributed by atoms with Crippen molar-refractivity contribution in [3.05, 3.63) is 42.6 Å². The van der Waals surface area contributed by atoms with Crippen molar-refractivity contribution in [2.24, 2.45) is 5.92 Å². The van der Waals surface area contributed by atoms with Crippen LogP contribution in [0.15, 0.2) is 42.6 Å². The van der Waals surface area contributed by atoms with Gasteiger partial charge >= 0.3 is 0 Å². The van der Waals surface area contributed by atoms with Crippen LogP contribution in [0.25, 0.3) is 22.3 Å². The Morgan fingerprint density at radius 3 is 2.45 bits per heavy atom. The van der Waals surface area contributed by atoms with E-state index in [9.17, 15) is 4.79 Å². The van der Waals surface area contributed by atoms with Crippen LogP contribution >= 0.6 is 0 Å². The second kappa shape index (κ2) is 7.59. The smallest absolute Gasteiger partial charge is 0.225 e. The molecule has 3 aliphatic rings. The number of aromatic nitrogens is 2. The van der Waals surface area contributed by atoms with E-state index in [0.717, 1.165) is 67.1 Å². The SMILES string of the molecule is O=C(C1CC1)N1CCN(c2ccnc3[nH]c(-c4ccc(OC5CCC5)cc4)cc23)CC1. The molecule has 1 aliphatic heterocycles. The van der Waals surface area contributed by atoms with Crippen molar-refractivity contribution in [2.45, 2.75) is 38.2 Å². The van der Waals surface area contributed by atoms with Gasteiger partial charge in [-0.3, -0.25) is 4.79 Å². The van der Waals surface area contributed by atoms with E-state index in [1.807, 2.05) is 11.1 Å². The van der Waals surface area contributed by atoms with E-state index in [1.165, 1.54) is 24.9 Å². The number of piperazine rings is 1. The first-order chi connectivity index (χ1) is 15.2. The van der Waals surface area contributed by atoms with Gasteiger partial charge in [-0.1, -0.05) is 0 Å². The van der Waals surface area contributed by atoms with Crippen molar-refractivity contribution in [1.82, 2.24) is 14.9 Å². The van der Waals surface area contributed by atoms with Crippen LogP contribution in [-0.2, 0) is 4.79 Å². The van der Waals surface area contributed by atoms with Crippen molar-refractivity contribution >= 4 is 22.6 Å². The summed E-state index contributed by atoms with van der Waals surface area (Å²) in [4.78, 5) is 24.8. The molecule has 2 saturated carbocycles. The van der Waals surface area contributed by atoms with Crippen molar-refractivity contribution in [1.29, 1.82) is 0 Å². The molecule has 160 valence electrons. The Bertz CT molecular complexity index is 1090. The Hall–Kier alpha value is -3.02. The lowest BCUT2D eigenvalue weighted by Crippen LogP contribution is -2.49. The van der Waals surface area contributed by atoms with Crippen LogP contribution < -0.4 is 9.64 Å². The first-order valence-corrected chi connectivity index (χ1v) is 11.5. The van der Waals surface area contributed by atoms with E-state index in [2.05, 4.69) is 51.3 Å². The monoisotopic (exact) mass is 416 g/mol. The lowest BCUT2D eigenvalue weighted by molar-refractivity contribution is -0.132. The molecule has 0 spiro atoms. The number of rotatable bonds is 5. The highest BCUT2D eigenvalue weighted by molar-refractivity contribution is 5.94. The fourth-order valence-corrected chi connectivity index (χ4v) is 4.59. The zero-order valence-electron chi connectivity index (χ0n) is 17.7. The first kappa shape index (κ1) is 18.7. The molecule has 0 unspecified atom stereocenters. The van der Waals surface area contributed by atoms with Gasteiger partial charge in [0.1, 0.15) is 11.4 Å². The van der Waals surface area contributed by atoms with Gasteiger partial charge in [0, 0.05) is 55.1 Å². The Labute approximate surface area is 182 Å². The van der Waals surface area contributed by atoms with Crippen molar-refractivity contribution in [3.8, 4) is 17.0 Å². The Morgan fingerprint density at radius 1 is 1.00 bits per heavy atom. The van der Waals surface area contributed by atoms with Crippen LogP contribution in [-0.4, -0.2) is 53.1 Å². The number of H-pyrrole nitrogens is 1. The molecule has 6 nitrogen and oxygen atoms in total. The summed E-state index contributed by atoms with van der Waals surface area (Å²) >= 11 is 0. The maximum atomic E-state index is 12.4. The zero-order chi connectivity index (χ0) is 20.8. The summed E-state index contributed by atoms with van der Waals surface area (Å²) < 4.78 is 5.99. The number of aromatic amines is 1. The standard InChI is InChI=1S/C25H28N4O2/c30-25(18-4-5-18)29-14-12-28(13-15-29)23-10-11-26-24-21(23)16-22(27-24)17-6-8-20(9-7-17)31-19-2-1-3-19/h6-11,16,18-19H,1-5,12-15H2,(H,26,27). The van der Waals surface area contributed by atoms with Gasteiger partial charge in [-0.15, -0.1) is 0 Å². The van der Waals surface area contributed by atoms with Gasteiger partial charge in [0.05, 0.1) is 6.10 Å². The molecule has 1 saturated heterocycles. The third-order valence-corrected chi connectivity index (χ3v) is 6.89. The number of fused-ring (bicyclic) bond motifs is 1. The number of carbonyl (C=O) groups excluding carboxylic acids is 1. The van der Waals surface area contributed by atoms with Gasteiger partial charge in [0.25, 0.3) is 0 Å². The third kappa shape index (κ3) is 3.64. The van der Waals surface area contributed by atoms with E-state index in [1.54, 1.807) is 0 Å². The minimum atomic E-state index is 0.303. The molecule has 3 heterocycles. The Morgan fingerprint density at radius 2 is 1.77 bits per heavy atom. The van der Waals surface area contributed by atoms with E-state index in [0.29, 0.717) is 17.9 Å². The molecular formula is C25H28N4O2. The zero-order valence-corrected chi connectivity index (χ0v) is 17.7. The number of benzene rings is 1. The molecule has 6 rings (SSSR count). The van der Waals surface area contributed by atoms with E-state index in [4.69, 9.17) is 4.74 Å². The largest absolute Gasteiger partial charge is 0.490 e. The van der Waals surface area contributed by atoms with Gasteiger partial charge in [0.15, 0.2) is 0 Å². The fraction of sp³-hybridized carbons (Fsp3) is 0.440. The van der Waals surface area contributed by atoms with E-state index < -0.39 is 0 Å². The molecule has 3 fully saturated rings. The number of nitrogens with zero attached hydrogens (tertiary/aromatic N) is 3. The lowest BCUT2D eigenvalue weighted by atomic mass is 9.96. The quantitative estimate of drug-likeness (QED) is 0.677. The summed E-state index contributed by atoms with van der Waals surface area (Å²) in [5, 5.41) is 1.13. The predicted molar refractivity (Wildman–Crippen MR) is 121 cm³/mol. The summed E-state index contributed by atoms with van der Waals surface area (Å²) in [7, 11) is 0. The van der Waals surface area contributed by atoms with Gasteiger partial charge in [-0.2, -0.15) is 0 Å². The van der Waals surface area contributed by atoms with Gasteiger partial charge in [-0.25, -0.2) is 4.98 Å². The number of amides is 1. The van der Waals surface area contributed by atoms with Crippen LogP contribution in [0.1, 0.15) is 32.1 Å². The Kier molecular flexibility index (Phi) is 4.59. The van der Waals surface area contributed by atoms with Crippen LogP contribution in [0.5, 0.6) is 5.75 Å². The van der Waals surface area contributed by atoms with E-state index in [-0.39, 0.29) is 0 Å². The summed E-state index contributed by atoms with van der Waals surface area (Å²) in [6.45, 7) is 3.34. The van der Waals surface area contributed by atoms with E-state index >= 15 is 0 Å². The molecule has 1 amide bonds. The molecule has 2 aromatic heterocycles. The second-order valence-corrected chi connectivity index (χ2v) is 9.06. The maximum absolute atomic E-state index is 12.4. The minimum Gasteiger partial charge on any atom is -0.490 e. The number of pyridine rings is 1. The summed E-state index contributed by atoms with van der Waals surface area (Å²) in [6, 6.07) is 12.6. The highest BCUT2D eigenvalue weighted by Gasteiger charge is 2.34. The average Bonchev–Trinajstić information content (AvgIpc) is 3.54. The number of nitrogens with one attached hydrogen (secondary N) is 1. The van der Waals surface area contributed by atoms with Crippen LogP contribution in [0, 0.1) is 5.92 Å². The number of anilines is 1. The molecule has 1 aromatic carbocycles. The van der Waals surface area contributed by atoms with Crippen molar-refractivity contribution in [3.63, 3.8) is 0 Å². The molecular weight excluding hydrogens is 388 g/mol. The highest BCUT2D eigenvalue weighted by atomic mass is 16.5. The number of hydrogen-bond acceptors (Lipinski definition) is 4. The predicted octanol–water partition coefficient (Wildman–Crippen LogP) is 4.22. The summed E-state index contributed by atoms with van der Waals surface area (Å²) in [6.07, 6.45) is 8.02. The second-order valence-electron chi connectivity index (χ2n) is 9.06. The topological polar surface area (TPSA) is 61.5 Å². The third-order valence-electron chi connectivity index (χ3n) is 6.89. The molecule has 6 heteroatoms. The molecule has 3 aromatic rings. The van der Waals surface area contributed by atoms with Crippen molar-refractivity contribution < 1.29 is 9.53 Å². The molecule has 31 heavy (non-hydrogen) atoms. The minimum absolute atomic E-state index is 0.303. The number of hydrogen-bond donors (Lipinski definition) is 1. The van der Waals surface area contributed by atoms with Gasteiger partial charge in [-0.05, 0) is 74.1 Å². The number of ether oxygens (including phenoxy) is 1. The summed E-state index contributed by atoms with van der Waals surface area (Å²) in [5.41, 5.74) is 4.28. The van der Waals surface area contributed by atoms with Crippen LogP contribution in [0.3, 0.4) is 0 Å². The van der Waals surface area contributed by atoms with Gasteiger partial charge < -0.3 is 19.5 Å². The first-order valence-electron chi connectivity index (χ1n) is 11.5. The van der Waals surface area contributed by atoms with Crippen molar-refractivity contribution in [2.75, 3.05) is 31.1 Å². The highest BCUT2D eigenvalue weighted by Crippen LogP contribution is 2.34. The normalized spacial score (nSPS) is 19.5.